The molecule has 3 atom stereocenters. The summed E-state index contributed by atoms with van der Waals surface area (Å²) in [6.45, 7) is 7.23. The van der Waals surface area contributed by atoms with Gasteiger partial charge in [-0.3, -0.25) is 0 Å². The first kappa shape index (κ1) is 19.4. The van der Waals surface area contributed by atoms with Gasteiger partial charge >= 0.3 is 0 Å². The molecule has 1 fully saturated rings. The maximum Gasteiger partial charge on any atom is 0.240 e. The Hall–Kier alpha value is -0.620. The molecule has 1 saturated heterocycles. The van der Waals surface area contributed by atoms with E-state index in [1.54, 1.807) is 12.1 Å². The summed E-state index contributed by atoms with van der Waals surface area (Å²) in [4.78, 5) is 0.362. The number of hydrogen-bond acceptors (Lipinski definition) is 3. The van der Waals surface area contributed by atoms with Crippen LogP contribution in [-0.2, 0) is 10.0 Å². The van der Waals surface area contributed by atoms with Gasteiger partial charge in [-0.2, -0.15) is 0 Å². The largest absolute Gasteiger partial charge is 0.314 e. The predicted molar refractivity (Wildman–Crippen MR) is 93.2 cm³/mol. The predicted octanol–water partition coefficient (Wildman–Crippen LogP) is 3.04. The summed E-state index contributed by atoms with van der Waals surface area (Å²) >= 11 is 0. The molecule has 2 rings (SSSR count). The number of sulfonamides is 1. The Morgan fingerprint density at radius 2 is 1.95 bits per heavy atom. The number of nitrogens with one attached hydrogen (secondary N) is 2. The standard InChI is InChI=1S/C16H26N2O2S.ClH/c1-4-12(2)14-5-7-16(8-6-14)21(19,20)18-15-9-10-17-13(3)11-15;/h5-8,12-13,15,17-18H,4,9-11H2,1-3H3;1H. The minimum atomic E-state index is -3.41. The number of piperidine rings is 1. The highest BCUT2D eigenvalue weighted by Gasteiger charge is 2.24. The second kappa shape index (κ2) is 8.29. The van der Waals surface area contributed by atoms with E-state index < -0.39 is 10.0 Å². The van der Waals surface area contributed by atoms with Crippen LogP contribution in [0.2, 0.25) is 0 Å². The maximum absolute atomic E-state index is 12.4. The highest BCUT2D eigenvalue weighted by molar-refractivity contribution is 7.89. The molecule has 126 valence electrons. The molecule has 3 unspecified atom stereocenters. The van der Waals surface area contributed by atoms with Gasteiger partial charge in [0, 0.05) is 12.1 Å². The van der Waals surface area contributed by atoms with Crippen molar-refractivity contribution < 1.29 is 8.42 Å². The van der Waals surface area contributed by atoms with Gasteiger partial charge in [-0.15, -0.1) is 12.4 Å². The Morgan fingerprint density at radius 3 is 2.50 bits per heavy atom. The Balaban J connectivity index is 0.00000242. The lowest BCUT2D eigenvalue weighted by atomic mass is 9.99. The molecule has 1 aromatic carbocycles. The number of hydrogen-bond donors (Lipinski definition) is 2. The van der Waals surface area contributed by atoms with Crippen molar-refractivity contribution in [2.24, 2.45) is 0 Å². The lowest BCUT2D eigenvalue weighted by Gasteiger charge is -2.28. The lowest BCUT2D eigenvalue weighted by Crippen LogP contribution is -2.46. The second-order valence-electron chi connectivity index (χ2n) is 6.08. The molecule has 0 radical (unpaired) electrons. The van der Waals surface area contributed by atoms with E-state index in [2.05, 4.69) is 30.8 Å². The van der Waals surface area contributed by atoms with Gasteiger partial charge in [0.2, 0.25) is 10.0 Å². The van der Waals surface area contributed by atoms with Crippen molar-refractivity contribution in [1.82, 2.24) is 10.0 Å². The highest BCUT2D eigenvalue weighted by atomic mass is 35.5. The Morgan fingerprint density at radius 1 is 1.32 bits per heavy atom. The molecule has 1 heterocycles. The van der Waals surface area contributed by atoms with Gasteiger partial charge in [-0.05, 0) is 56.3 Å². The molecule has 1 aliphatic heterocycles. The van der Waals surface area contributed by atoms with Crippen molar-refractivity contribution >= 4 is 22.4 Å². The summed E-state index contributed by atoms with van der Waals surface area (Å²) < 4.78 is 27.7. The summed E-state index contributed by atoms with van der Waals surface area (Å²) in [5, 5.41) is 3.33. The average Bonchev–Trinajstić information content (AvgIpc) is 2.46. The summed E-state index contributed by atoms with van der Waals surface area (Å²) in [5.41, 5.74) is 1.19. The topological polar surface area (TPSA) is 58.2 Å². The number of halogens is 1. The van der Waals surface area contributed by atoms with Crippen LogP contribution in [0.15, 0.2) is 29.2 Å². The molecule has 22 heavy (non-hydrogen) atoms. The van der Waals surface area contributed by atoms with Gasteiger partial charge in [0.15, 0.2) is 0 Å². The van der Waals surface area contributed by atoms with Crippen LogP contribution in [0, 0.1) is 0 Å². The van der Waals surface area contributed by atoms with E-state index in [1.165, 1.54) is 5.56 Å². The van der Waals surface area contributed by atoms with Crippen molar-refractivity contribution in [2.75, 3.05) is 6.54 Å². The van der Waals surface area contributed by atoms with Crippen molar-refractivity contribution in [3.63, 3.8) is 0 Å². The minimum absolute atomic E-state index is 0. The zero-order chi connectivity index (χ0) is 15.5. The minimum Gasteiger partial charge on any atom is -0.314 e. The van der Waals surface area contributed by atoms with Gasteiger partial charge < -0.3 is 5.32 Å². The molecule has 4 nitrogen and oxygen atoms in total. The molecule has 1 aromatic rings. The molecule has 2 N–H and O–H groups in total. The van der Waals surface area contributed by atoms with Crippen LogP contribution >= 0.6 is 12.4 Å². The first-order valence-corrected chi connectivity index (χ1v) is 9.26. The third kappa shape index (κ3) is 4.95. The fourth-order valence-corrected chi connectivity index (χ4v) is 4.02. The van der Waals surface area contributed by atoms with Crippen LogP contribution < -0.4 is 10.0 Å². The van der Waals surface area contributed by atoms with E-state index in [1.807, 2.05) is 12.1 Å². The SMILES string of the molecule is CCC(C)c1ccc(S(=O)(=O)NC2CCNC(C)C2)cc1.Cl. The van der Waals surface area contributed by atoms with E-state index in [-0.39, 0.29) is 18.4 Å². The lowest BCUT2D eigenvalue weighted by molar-refractivity contribution is 0.361. The molecule has 0 aromatic heterocycles. The van der Waals surface area contributed by atoms with E-state index in [9.17, 15) is 8.42 Å². The van der Waals surface area contributed by atoms with Crippen LogP contribution in [0.4, 0.5) is 0 Å². The van der Waals surface area contributed by atoms with Crippen molar-refractivity contribution in [1.29, 1.82) is 0 Å². The second-order valence-corrected chi connectivity index (χ2v) is 7.79. The molecule has 0 spiro atoms. The van der Waals surface area contributed by atoms with Gasteiger partial charge in [0.1, 0.15) is 0 Å². The summed E-state index contributed by atoms with van der Waals surface area (Å²) in [6.07, 6.45) is 2.73. The Bertz CT molecular complexity index is 560. The van der Waals surface area contributed by atoms with Crippen LogP contribution in [0.5, 0.6) is 0 Å². The van der Waals surface area contributed by atoms with Crippen LogP contribution in [0.25, 0.3) is 0 Å². The van der Waals surface area contributed by atoms with Gasteiger partial charge in [-0.25, -0.2) is 13.1 Å². The maximum atomic E-state index is 12.4. The fraction of sp³-hybridized carbons (Fsp3) is 0.625. The molecule has 0 saturated carbocycles. The molecular weight excluding hydrogens is 320 g/mol. The monoisotopic (exact) mass is 346 g/mol. The molecule has 0 aliphatic carbocycles. The molecule has 6 heteroatoms. The van der Waals surface area contributed by atoms with Crippen LogP contribution in [-0.4, -0.2) is 27.0 Å². The Labute approximate surface area is 140 Å². The zero-order valence-electron chi connectivity index (χ0n) is 13.5. The van der Waals surface area contributed by atoms with Crippen LogP contribution in [0.3, 0.4) is 0 Å². The van der Waals surface area contributed by atoms with E-state index >= 15 is 0 Å². The third-order valence-corrected chi connectivity index (χ3v) is 5.85. The molecule has 1 aliphatic rings. The fourth-order valence-electron chi connectivity index (χ4n) is 2.74. The average molecular weight is 347 g/mol. The van der Waals surface area contributed by atoms with Crippen molar-refractivity contribution in [2.45, 2.75) is 62.9 Å². The molecular formula is C16H27ClN2O2S. The first-order chi connectivity index (χ1) is 9.92. The summed E-state index contributed by atoms with van der Waals surface area (Å²) in [6, 6.07) is 7.67. The van der Waals surface area contributed by atoms with E-state index in [0.717, 1.165) is 25.8 Å². The highest BCUT2D eigenvalue weighted by Crippen LogP contribution is 2.21. The Kier molecular flexibility index (Phi) is 7.32. The normalized spacial score (nSPS) is 23.6. The van der Waals surface area contributed by atoms with E-state index in [4.69, 9.17) is 0 Å². The van der Waals surface area contributed by atoms with Gasteiger partial charge in [0.25, 0.3) is 0 Å². The van der Waals surface area contributed by atoms with Crippen LogP contribution in [0.1, 0.15) is 51.5 Å². The quantitative estimate of drug-likeness (QED) is 0.861. The van der Waals surface area contributed by atoms with Gasteiger partial charge in [-0.1, -0.05) is 26.0 Å². The van der Waals surface area contributed by atoms with Crippen molar-refractivity contribution in [3.8, 4) is 0 Å². The summed E-state index contributed by atoms with van der Waals surface area (Å²) in [7, 11) is -3.41. The molecule has 0 amide bonds. The number of rotatable bonds is 5. The smallest absolute Gasteiger partial charge is 0.240 e. The van der Waals surface area contributed by atoms with Crippen molar-refractivity contribution in [3.05, 3.63) is 29.8 Å². The number of benzene rings is 1. The van der Waals surface area contributed by atoms with Gasteiger partial charge in [0.05, 0.1) is 4.90 Å². The van der Waals surface area contributed by atoms with E-state index in [0.29, 0.717) is 16.9 Å². The first-order valence-electron chi connectivity index (χ1n) is 7.78. The third-order valence-electron chi connectivity index (χ3n) is 4.32. The zero-order valence-corrected chi connectivity index (χ0v) is 15.1. The molecule has 0 bridgehead atoms. The summed E-state index contributed by atoms with van der Waals surface area (Å²) in [5.74, 6) is 0.458.